The van der Waals surface area contributed by atoms with Gasteiger partial charge in [-0.2, -0.15) is 0 Å². The third kappa shape index (κ3) is 154. The monoisotopic (exact) mass is 422 g/mol. The van der Waals surface area contributed by atoms with Crippen LogP contribution in [-0.2, 0) is 0 Å². The largest absolute Gasteiger partial charge is 0.103 e. The summed E-state index contributed by atoms with van der Waals surface area (Å²) in [7, 11) is 0. The van der Waals surface area contributed by atoms with Gasteiger partial charge in [-0.05, 0) is 46.0 Å². The standard InChI is InChI=1S/C5H12.C5H10.C5H8.C5H12.2C5H10/c3*1-4-5(2)3;3*1-3-5-4-2/h5H,4H2,1-3H3;2,4H2,1,3H3;4H,1-2H2,3H3;3-5H2,1-2H3;3,5H,4H2,1-2H3;3H,1,4-5H2,2H3/b;;;;5-3+;. The molecule has 0 heteroatoms. The Bertz CT molecular complexity index is 326. The third-order valence-corrected chi connectivity index (χ3v) is 3.44. The smallest absolute Gasteiger partial charge is 0.0354 e. The van der Waals surface area contributed by atoms with E-state index < -0.39 is 0 Å². The van der Waals surface area contributed by atoms with Gasteiger partial charge < -0.3 is 0 Å². The lowest BCUT2D eigenvalue weighted by Gasteiger charge is -1.90. The van der Waals surface area contributed by atoms with Crippen molar-refractivity contribution < 1.29 is 0 Å². The van der Waals surface area contributed by atoms with Crippen molar-refractivity contribution in [2.24, 2.45) is 5.92 Å². The Morgan fingerprint density at radius 1 is 0.833 bits per heavy atom. The first-order chi connectivity index (χ1) is 14.1. The van der Waals surface area contributed by atoms with E-state index in [2.05, 4.69) is 93.9 Å². The first-order valence-electron chi connectivity index (χ1n) is 12.2. The first kappa shape index (κ1) is 42.7. The molecule has 0 fully saturated rings. The average molecular weight is 423 g/mol. The normalized spacial score (nSPS) is 8.27. The van der Waals surface area contributed by atoms with E-state index in [1.807, 2.05) is 26.8 Å². The van der Waals surface area contributed by atoms with Crippen LogP contribution in [0.2, 0.25) is 0 Å². The molecule has 0 aliphatic carbocycles. The highest BCUT2D eigenvalue weighted by molar-refractivity contribution is 5.05. The SMILES string of the molecule is C/C=C/CC.C=C(C)CC.C=CC(=C)C.C=CCCC.CCC(C)C.CCCCC. The molecule has 0 spiro atoms. The molecule has 0 nitrogen and oxygen atoms in total. The molecule has 0 aliphatic rings. The first-order valence-corrected chi connectivity index (χ1v) is 12.2. The molecule has 0 saturated carbocycles. The zero-order valence-corrected chi connectivity index (χ0v) is 23.4. The molecule has 0 amide bonds. The molecule has 0 heterocycles. The Labute approximate surface area is 195 Å². The van der Waals surface area contributed by atoms with Gasteiger partial charge in [-0.1, -0.05) is 136 Å². The fourth-order valence-electron chi connectivity index (χ4n) is 0.793. The van der Waals surface area contributed by atoms with Crippen LogP contribution in [0, 0.1) is 5.92 Å². The summed E-state index contributed by atoms with van der Waals surface area (Å²) in [4.78, 5) is 0. The lowest BCUT2D eigenvalue weighted by molar-refractivity contribution is 0.626. The van der Waals surface area contributed by atoms with Crippen molar-refractivity contribution in [3.8, 4) is 0 Å². The van der Waals surface area contributed by atoms with Crippen molar-refractivity contribution in [2.45, 2.75) is 128 Å². The van der Waals surface area contributed by atoms with E-state index in [-0.39, 0.29) is 0 Å². The maximum Gasteiger partial charge on any atom is -0.0354 e. The Morgan fingerprint density at radius 2 is 1.20 bits per heavy atom. The van der Waals surface area contributed by atoms with E-state index >= 15 is 0 Å². The molecule has 0 atom stereocenters. The van der Waals surface area contributed by atoms with Crippen LogP contribution >= 0.6 is 0 Å². The molecule has 30 heavy (non-hydrogen) atoms. The van der Waals surface area contributed by atoms with E-state index in [0.29, 0.717) is 0 Å². The van der Waals surface area contributed by atoms with Gasteiger partial charge >= 0.3 is 0 Å². The third-order valence-electron chi connectivity index (χ3n) is 3.44. The number of hydrogen-bond donors (Lipinski definition) is 0. The summed E-state index contributed by atoms with van der Waals surface area (Å²) in [5, 5.41) is 0. The second-order valence-electron chi connectivity index (χ2n) is 7.57. The van der Waals surface area contributed by atoms with E-state index in [1.54, 1.807) is 6.08 Å². The maximum absolute atomic E-state index is 3.67. The van der Waals surface area contributed by atoms with Crippen molar-refractivity contribution >= 4 is 0 Å². The second-order valence-corrected chi connectivity index (χ2v) is 7.57. The Kier molecular flexibility index (Phi) is 72.5. The summed E-state index contributed by atoms with van der Waals surface area (Å²) in [6, 6.07) is 0. The van der Waals surface area contributed by atoms with Crippen LogP contribution in [0.15, 0.2) is 61.8 Å². The van der Waals surface area contributed by atoms with Gasteiger partial charge in [0.2, 0.25) is 0 Å². The Hall–Kier alpha value is -1.30. The summed E-state index contributed by atoms with van der Waals surface area (Å²) in [6.45, 7) is 37.6. The van der Waals surface area contributed by atoms with Crippen LogP contribution < -0.4 is 0 Å². The van der Waals surface area contributed by atoms with E-state index in [9.17, 15) is 0 Å². The second kappa shape index (κ2) is 50.9. The van der Waals surface area contributed by atoms with Gasteiger partial charge in [-0.15, -0.1) is 13.2 Å². The molecule has 0 N–H and O–H groups in total. The van der Waals surface area contributed by atoms with E-state index in [1.165, 1.54) is 37.7 Å². The number of unbranched alkanes of at least 4 members (excludes halogenated alkanes) is 3. The molecular weight excluding hydrogens is 360 g/mol. The highest BCUT2D eigenvalue weighted by Gasteiger charge is 1.80. The zero-order chi connectivity index (χ0) is 25.2. The van der Waals surface area contributed by atoms with Gasteiger partial charge in [0.1, 0.15) is 0 Å². The molecule has 0 bridgehead atoms. The summed E-state index contributed by atoms with van der Waals surface area (Å²) >= 11 is 0. The van der Waals surface area contributed by atoms with Gasteiger partial charge in [0.25, 0.3) is 0 Å². The van der Waals surface area contributed by atoms with E-state index in [0.717, 1.165) is 30.8 Å². The summed E-state index contributed by atoms with van der Waals surface area (Å²) < 4.78 is 0. The van der Waals surface area contributed by atoms with Gasteiger partial charge in [-0.25, -0.2) is 0 Å². The molecule has 0 aliphatic heterocycles. The average Bonchev–Trinajstić information content (AvgIpc) is 2.72. The van der Waals surface area contributed by atoms with Crippen LogP contribution in [0.4, 0.5) is 0 Å². The lowest BCUT2D eigenvalue weighted by Crippen LogP contribution is -1.77. The predicted octanol–water partition coefficient (Wildman–Crippen LogP) is 11.9. The lowest BCUT2D eigenvalue weighted by atomic mass is 10.2. The minimum Gasteiger partial charge on any atom is -0.103 e. The van der Waals surface area contributed by atoms with Gasteiger partial charge in [0, 0.05) is 0 Å². The highest BCUT2D eigenvalue weighted by Crippen LogP contribution is 1.94. The minimum atomic E-state index is 0.884. The summed E-state index contributed by atoms with van der Waals surface area (Å²) in [5.74, 6) is 0.884. The van der Waals surface area contributed by atoms with Crippen LogP contribution in [-0.4, -0.2) is 0 Å². The van der Waals surface area contributed by atoms with E-state index in [4.69, 9.17) is 0 Å². The topological polar surface area (TPSA) is 0 Å². The maximum atomic E-state index is 3.67. The Morgan fingerprint density at radius 3 is 1.20 bits per heavy atom. The molecule has 0 saturated heterocycles. The van der Waals surface area contributed by atoms with Crippen molar-refractivity contribution in [3.63, 3.8) is 0 Å². The van der Waals surface area contributed by atoms with Crippen molar-refractivity contribution in [2.75, 3.05) is 0 Å². The Balaban J connectivity index is -0.0000000576. The van der Waals surface area contributed by atoms with Crippen LogP contribution in [0.3, 0.4) is 0 Å². The number of hydrogen-bond acceptors (Lipinski definition) is 0. The molecular formula is C30H62. The molecule has 0 rings (SSSR count). The molecule has 0 aromatic carbocycles. The van der Waals surface area contributed by atoms with Crippen molar-refractivity contribution in [3.05, 3.63) is 61.8 Å². The zero-order valence-electron chi connectivity index (χ0n) is 23.4. The van der Waals surface area contributed by atoms with Crippen LogP contribution in [0.1, 0.15) is 128 Å². The minimum absolute atomic E-state index is 0.884. The number of allylic oxidation sites excluding steroid dienone is 6. The summed E-state index contributed by atoms with van der Waals surface area (Å²) in [5.41, 5.74) is 2.27. The van der Waals surface area contributed by atoms with Gasteiger partial charge in [-0.3, -0.25) is 0 Å². The predicted molar refractivity (Wildman–Crippen MR) is 151 cm³/mol. The molecule has 182 valence electrons. The number of rotatable bonds is 8. The van der Waals surface area contributed by atoms with Gasteiger partial charge in [0.15, 0.2) is 0 Å². The van der Waals surface area contributed by atoms with Crippen molar-refractivity contribution in [1.29, 1.82) is 0 Å². The molecule has 0 aromatic rings. The molecule has 0 radical (unpaired) electrons. The van der Waals surface area contributed by atoms with Crippen LogP contribution in [0.5, 0.6) is 0 Å². The molecule has 0 aromatic heterocycles. The molecule has 0 unspecified atom stereocenters. The fraction of sp³-hybridized carbons (Fsp3) is 0.667. The fourth-order valence-corrected chi connectivity index (χ4v) is 0.793. The highest BCUT2D eigenvalue weighted by atomic mass is 13.9. The van der Waals surface area contributed by atoms with Crippen LogP contribution in [0.25, 0.3) is 0 Å². The quantitative estimate of drug-likeness (QED) is 0.269. The van der Waals surface area contributed by atoms with Crippen molar-refractivity contribution in [1.82, 2.24) is 0 Å². The summed E-state index contributed by atoms with van der Waals surface area (Å²) in [6.07, 6.45) is 17.9. The van der Waals surface area contributed by atoms with Gasteiger partial charge in [0.05, 0.1) is 0 Å².